The van der Waals surface area contributed by atoms with Gasteiger partial charge in [0.2, 0.25) is 5.82 Å². The number of hydrogen-bond donors (Lipinski definition) is 2. The van der Waals surface area contributed by atoms with Crippen LogP contribution in [0.1, 0.15) is 0 Å². The summed E-state index contributed by atoms with van der Waals surface area (Å²) in [6.07, 6.45) is 2.82. The van der Waals surface area contributed by atoms with E-state index >= 15 is 0 Å². The van der Waals surface area contributed by atoms with Gasteiger partial charge in [0.15, 0.2) is 5.65 Å². The number of nitrogens with one attached hydrogen (secondary N) is 2. The number of aromatic amines is 1. The molecule has 0 unspecified atom stereocenters. The lowest BCUT2D eigenvalue weighted by atomic mass is 10.3. The Morgan fingerprint density at radius 3 is 2.76 bits per heavy atom. The molecule has 2 aromatic heterocycles. The van der Waals surface area contributed by atoms with Gasteiger partial charge in [0.1, 0.15) is 11.8 Å². The van der Waals surface area contributed by atoms with Gasteiger partial charge >= 0.3 is 0 Å². The van der Waals surface area contributed by atoms with Gasteiger partial charge in [-0.1, -0.05) is 5.22 Å². The smallest absolute Gasteiger partial charge is 0.269 e. The highest BCUT2D eigenvalue weighted by Gasteiger charge is 2.05. The standard InChI is InChI=1S/C11H8N8O2/c20-19(21)8-3-1-7(2-4-8)16-18-17-11-9-10(13-5-12-9)14-6-15-11/h1-6H,(H2,12,13,14,15,16,17). The second-order valence-electron chi connectivity index (χ2n) is 3.91. The van der Waals surface area contributed by atoms with Crippen LogP contribution in [0.4, 0.5) is 17.2 Å². The summed E-state index contributed by atoms with van der Waals surface area (Å²) >= 11 is 0. The number of anilines is 1. The Hall–Kier alpha value is -3.43. The second-order valence-corrected chi connectivity index (χ2v) is 3.91. The van der Waals surface area contributed by atoms with Crippen LogP contribution < -0.4 is 5.43 Å². The lowest BCUT2D eigenvalue weighted by molar-refractivity contribution is -0.384. The van der Waals surface area contributed by atoms with E-state index in [0.717, 1.165) is 0 Å². The first-order chi connectivity index (χ1) is 10.2. The van der Waals surface area contributed by atoms with E-state index in [9.17, 15) is 10.1 Å². The predicted molar refractivity (Wildman–Crippen MR) is 72.9 cm³/mol. The maximum atomic E-state index is 10.5. The van der Waals surface area contributed by atoms with Gasteiger partial charge in [0, 0.05) is 12.1 Å². The minimum atomic E-state index is -0.471. The second kappa shape index (κ2) is 5.28. The Bertz CT molecular complexity index is 810. The van der Waals surface area contributed by atoms with Crippen LogP contribution in [0.25, 0.3) is 11.2 Å². The normalized spacial score (nSPS) is 11.0. The molecule has 0 saturated heterocycles. The lowest BCUT2D eigenvalue weighted by Crippen LogP contribution is -1.90. The van der Waals surface area contributed by atoms with Crippen molar-refractivity contribution in [3.63, 3.8) is 0 Å². The van der Waals surface area contributed by atoms with Crippen LogP contribution in [0.5, 0.6) is 0 Å². The quantitative estimate of drug-likeness (QED) is 0.429. The molecule has 0 aliphatic rings. The van der Waals surface area contributed by atoms with Crippen LogP contribution in [0.2, 0.25) is 0 Å². The van der Waals surface area contributed by atoms with E-state index < -0.39 is 4.92 Å². The summed E-state index contributed by atoms with van der Waals surface area (Å²) in [5.41, 5.74) is 4.30. The number of nitro benzene ring substituents is 1. The molecule has 21 heavy (non-hydrogen) atoms. The fourth-order valence-electron chi connectivity index (χ4n) is 1.62. The van der Waals surface area contributed by atoms with Crippen molar-refractivity contribution >= 4 is 28.4 Å². The molecule has 3 rings (SSSR count). The van der Waals surface area contributed by atoms with E-state index in [4.69, 9.17) is 0 Å². The van der Waals surface area contributed by atoms with E-state index in [1.54, 1.807) is 0 Å². The Kier molecular flexibility index (Phi) is 3.17. The molecule has 2 heterocycles. The minimum Gasteiger partial charge on any atom is -0.340 e. The maximum absolute atomic E-state index is 10.5. The molecule has 104 valence electrons. The van der Waals surface area contributed by atoms with Crippen molar-refractivity contribution in [1.82, 2.24) is 19.9 Å². The van der Waals surface area contributed by atoms with Gasteiger partial charge in [-0.2, -0.15) is 0 Å². The molecule has 0 aliphatic heterocycles. The lowest BCUT2D eigenvalue weighted by Gasteiger charge is -1.98. The van der Waals surface area contributed by atoms with Gasteiger partial charge in [-0.05, 0) is 12.1 Å². The summed E-state index contributed by atoms with van der Waals surface area (Å²) < 4.78 is 0. The van der Waals surface area contributed by atoms with Crippen molar-refractivity contribution in [1.29, 1.82) is 0 Å². The first-order valence-corrected chi connectivity index (χ1v) is 5.79. The highest BCUT2D eigenvalue weighted by molar-refractivity contribution is 5.79. The molecule has 10 nitrogen and oxygen atoms in total. The first kappa shape index (κ1) is 12.6. The van der Waals surface area contributed by atoms with Crippen molar-refractivity contribution in [3.8, 4) is 0 Å². The summed E-state index contributed by atoms with van der Waals surface area (Å²) in [5, 5.41) is 18.2. The van der Waals surface area contributed by atoms with E-state index in [1.807, 2.05) is 0 Å². The zero-order valence-electron chi connectivity index (χ0n) is 10.5. The number of imidazole rings is 1. The Labute approximate surface area is 117 Å². The average Bonchev–Trinajstić information content (AvgIpc) is 2.97. The van der Waals surface area contributed by atoms with E-state index in [-0.39, 0.29) is 5.69 Å². The fraction of sp³-hybridized carbons (Fsp3) is 0. The Balaban J connectivity index is 1.75. The van der Waals surface area contributed by atoms with Crippen LogP contribution >= 0.6 is 0 Å². The summed E-state index contributed by atoms with van der Waals surface area (Å²) in [6, 6.07) is 5.80. The molecule has 0 amide bonds. The zero-order valence-corrected chi connectivity index (χ0v) is 10.5. The highest BCUT2D eigenvalue weighted by Crippen LogP contribution is 2.19. The topological polar surface area (TPSA) is 134 Å². The van der Waals surface area contributed by atoms with Crippen molar-refractivity contribution < 1.29 is 4.92 Å². The fourth-order valence-corrected chi connectivity index (χ4v) is 1.62. The van der Waals surface area contributed by atoms with Gasteiger partial charge in [-0.3, -0.25) is 15.5 Å². The molecule has 0 bridgehead atoms. The summed E-state index contributed by atoms with van der Waals surface area (Å²) in [4.78, 5) is 24.8. The molecule has 3 aromatic rings. The first-order valence-electron chi connectivity index (χ1n) is 5.79. The predicted octanol–water partition coefficient (Wildman–Crippen LogP) is 2.37. The van der Waals surface area contributed by atoms with Crippen molar-refractivity contribution in [2.75, 3.05) is 5.43 Å². The number of rotatable bonds is 4. The molecule has 0 spiro atoms. The SMILES string of the molecule is O=[N+]([O-])c1ccc(NN=Nc2ncnc3nc[nH]c23)cc1. The van der Waals surface area contributed by atoms with Crippen molar-refractivity contribution in [2.24, 2.45) is 10.3 Å². The highest BCUT2D eigenvalue weighted by atomic mass is 16.6. The number of hydrogen-bond acceptors (Lipinski definition) is 7. The maximum Gasteiger partial charge on any atom is 0.269 e. The van der Waals surface area contributed by atoms with Gasteiger partial charge in [0.05, 0.1) is 16.9 Å². The summed E-state index contributed by atoms with van der Waals surface area (Å²) in [5.74, 6) is 0.340. The van der Waals surface area contributed by atoms with Crippen LogP contribution in [-0.4, -0.2) is 24.9 Å². The molecule has 0 atom stereocenters. The number of fused-ring (bicyclic) bond motifs is 1. The van der Waals surface area contributed by atoms with Gasteiger partial charge < -0.3 is 4.98 Å². The van der Waals surface area contributed by atoms with Crippen LogP contribution in [0, 0.1) is 10.1 Å². The van der Waals surface area contributed by atoms with E-state index in [2.05, 4.69) is 35.7 Å². The summed E-state index contributed by atoms with van der Waals surface area (Å²) in [7, 11) is 0. The third kappa shape index (κ3) is 2.63. The molecular formula is C11H8N8O2. The molecule has 0 fully saturated rings. The largest absolute Gasteiger partial charge is 0.340 e. The third-order valence-electron chi connectivity index (χ3n) is 2.60. The minimum absolute atomic E-state index is 0.00691. The molecule has 1 aromatic carbocycles. The van der Waals surface area contributed by atoms with E-state index in [1.165, 1.54) is 36.9 Å². The molecule has 2 N–H and O–H groups in total. The molecule has 10 heteroatoms. The van der Waals surface area contributed by atoms with Crippen molar-refractivity contribution in [2.45, 2.75) is 0 Å². The molecule has 0 saturated carbocycles. The number of aromatic nitrogens is 4. The van der Waals surface area contributed by atoms with Crippen LogP contribution in [-0.2, 0) is 0 Å². The number of H-pyrrole nitrogens is 1. The number of nitrogens with zero attached hydrogens (tertiary/aromatic N) is 6. The summed E-state index contributed by atoms with van der Waals surface area (Å²) in [6.45, 7) is 0. The van der Waals surface area contributed by atoms with Gasteiger partial charge in [-0.25, -0.2) is 15.0 Å². The van der Waals surface area contributed by atoms with Gasteiger partial charge in [-0.15, -0.1) is 5.11 Å². The van der Waals surface area contributed by atoms with Crippen molar-refractivity contribution in [3.05, 3.63) is 47.0 Å². The average molecular weight is 284 g/mol. The third-order valence-corrected chi connectivity index (χ3v) is 2.60. The monoisotopic (exact) mass is 284 g/mol. The Morgan fingerprint density at radius 2 is 2.00 bits per heavy atom. The van der Waals surface area contributed by atoms with E-state index in [0.29, 0.717) is 22.7 Å². The van der Waals surface area contributed by atoms with Crippen LogP contribution in [0.3, 0.4) is 0 Å². The molecular weight excluding hydrogens is 276 g/mol. The number of benzene rings is 1. The van der Waals surface area contributed by atoms with Crippen LogP contribution in [0.15, 0.2) is 47.3 Å². The number of nitro groups is 1. The molecule has 0 radical (unpaired) electrons. The number of non-ortho nitro benzene ring substituents is 1. The molecule has 0 aliphatic carbocycles. The Morgan fingerprint density at radius 1 is 1.19 bits per heavy atom. The zero-order chi connectivity index (χ0) is 14.7. The van der Waals surface area contributed by atoms with Gasteiger partial charge in [0.25, 0.3) is 5.69 Å².